The fourth-order valence-electron chi connectivity index (χ4n) is 2.13. The van der Waals surface area contributed by atoms with E-state index in [1.165, 1.54) is 20.3 Å². The predicted octanol–water partition coefficient (Wildman–Crippen LogP) is 3.14. The molecule has 1 N–H and O–H groups in total. The summed E-state index contributed by atoms with van der Waals surface area (Å²) in [6, 6.07) is 9.68. The van der Waals surface area contributed by atoms with E-state index in [0.29, 0.717) is 22.4 Å². The summed E-state index contributed by atoms with van der Waals surface area (Å²) >= 11 is 0. The third-order valence-electron chi connectivity index (χ3n) is 3.09. The summed E-state index contributed by atoms with van der Waals surface area (Å²) in [6.07, 6.45) is -0.136. The molecule has 0 saturated heterocycles. The lowest BCUT2D eigenvalue weighted by molar-refractivity contribution is -0.136. The van der Waals surface area contributed by atoms with Crippen LogP contribution in [0.5, 0.6) is 11.5 Å². The summed E-state index contributed by atoms with van der Waals surface area (Å²) in [5.74, 6) is -0.863. The number of rotatable bonds is 5. The van der Waals surface area contributed by atoms with Gasteiger partial charge in [0.15, 0.2) is 11.6 Å². The second-order valence-electron chi connectivity index (χ2n) is 4.43. The molecular weight excluding hydrogens is 275 g/mol. The number of methoxy groups -OCH3 is 2. The average Bonchev–Trinajstić information content (AvgIpc) is 2.47. The predicted molar refractivity (Wildman–Crippen MR) is 76.3 cm³/mol. The van der Waals surface area contributed by atoms with Gasteiger partial charge in [-0.25, -0.2) is 4.39 Å². The zero-order valence-electron chi connectivity index (χ0n) is 11.7. The molecule has 0 amide bonds. The molecule has 0 atom stereocenters. The van der Waals surface area contributed by atoms with Gasteiger partial charge in [-0.3, -0.25) is 4.79 Å². The van der Waals surface area contributed by atoms with Crippen LogP contribution in [-0.4, -0.2) is 25.3 Å². The Labute approximate surface area is 121 Å². The molecule has 0 aromatic heterocycles. The van der Waals surface area contributed by atoms with Crippen LogP contribution in [0.25, 0.3) is 11.1 Å². The molecule has 21 heavy (non-hydrogen) atoms. The van der Waals surface area contributed by atoms with E-state index in [1.807, 2.05) is 0 Å². The molecule has 0 heterocycles. The number of benzene rings is 2. The summed E-state index contributed by atoms with van der Waals surface area (Å²) in [5.41, 5.74) is 1.37. The number of hydrogen-bond donors (Lipinski definition) is 1. The number of aliphatic carboxylic acids is 1. The summed E-state index contributed by atoms with van der Waals surface area (Å²) in [7, 11) is 2.87. The molecule has 2 aromatic carbocycles. The van der Waals surface area contributed by atoms with Crippen molar-refractivity contribution >= 4 is 5.97 Å². The van der Waals surface area contributed by atoms with Crippen molar-refractivity contribution in [2.75, 3.05) is 14.2 Å². The Morgan fingerprint density at radius 3 is 2.43 bits per heavy atom. The number of halogens is 1. The molecule has 110 valence electrons. The van der Waals surface area contributed by atoms with Crippen LogP contribution in [0.15, 0.2) is 36.4 Å². The van der Waals surface area contributed by atoms with Crippen LogP contribution in [0.4, 0.5) is 4.39 Å². The van der Waals surface area contributed by atoms with Crippen molar-refractivity contribution in [2.45, 2.75) is 6.42 Å². The van der Waals surface area contributed by atoms with Crippen molar-refractivity contribution in [3.63, 3.8) is 0 Å². The molecule has 0 aliphatic heterocycles. The van der Waals surface area contributed by atoms with Crippen LogP contribution in [0.2, 0.25) is 0 Å². The first-order chi connectivity index (χ1) is 10.1. The lowest BCUT2D eigenvalue weighted by Gasteiger charge is -2.12. The number of carboxylic acid groups (broad SMARTS) is 1. The number of carboxylic acids is 1. The van der Waals surface area contributed by atoms with Crippen LogP contribution in [0.1, 0.15) is 5.56 Å². The minimum Gasteiger partial charge on any atom is -0.496 e. The van der Waals surface area contributed by atoms with E-state index >= 15 is 0 Å². The molecule has 5 heteroatoms. The fraction of sp³-hybridized carbons (Fsp3) is 0.188. The van der Waals surface area contributed by atoms with Crippen molar-refractivity contribution in [3.05, 3.63) is 47.8 Å². The van der Waals surface area contributed by atoms with E-state index in [9.17, 15) is 9.18 Å². The molecule has 2 aromatic rings. The fourth-order valence-corrected chi connectivity index (χ4v) is 2.13. The molecule has 0 radical (unpaired) electrons. The van der Waals surface area contributed by atoms with Crippen molar-refractivity contribution < 1.29 is 23.8 Å². The van der Waals surface area contributed by atoms with E-state index in [0.717, 1.165) is 0 Å². The Kier molecular flexibility index (Phi) is 4.42. The van der Waals surface area contributed by atoms with Gasteiger partial charge in [-0.15, -0.1) is 0 Å². The Morgan fingerprint density at radius 1 is 1.10 bits per heavy atom. The van der Waals surface area contributed by atoms with Gasteiger partial charge in [0.2, 0.25) is 0 Å². The number of carbonyl (C=O) groups is 1. The van der Waals surface area contributed by atoms with E-state index < -0.39 is 11.8 Å². The first kappa shape index (κ1) is 14.8. The monoisotopic (exact) mass is 290 g/mol. The molecule has 4 nitrogen and oxygen atoms in total. The van der Waals surface area contributed by atoms with E-state index in [1.54, 1.807) is 30.3 Å². The normalized spacial score (nSPS) is 10.2. The Bertz CT molecular complexity index is 667. The van der Waals surface area contributed by atoms with Crippen LogP contribution >= 0.6 is 0 Å². The van der Waals surface area contributed by atoms with E-state index in [-0.39, 0.29) is 12.2 Å². The van der Waals surface area contributed by atoms with E-state index in [4.69, 9.17) is 14.6 Å². The van der Waals surface area contributed by atoms with Crippen molar-refractivity contribution in [2.24, 2.45) is 0 Å². The zero-order chi connectivity index (χ0) is 15.4. The largest absolute Gasteiger partial charge is 0.496 e. The Hall–Kier alpha value is -2.56. The van der Waals surface area contributed by atoms with Gasteiger partial charge in [0.05, 0.1) is 20.6 Å². The maximum atomic E-state index is 14.4. The number of ether oxygens (including phenoxy) is 2. The van der Waals surface area contributed by atoms with E-state index in [2.05, 4.69) is 0 Å². The summed E-state index contributed by atoms with van der Waals surface area (Å²) < 4.78 is 24.6. The molecular formula is C16H15FO4. The topological polar surface area (TPSA) is 55.8 Å². The minimum atomic E-state index is -0.947. The third kappa shape index (κ3) is 3.13. The molecule has 0 fully saturated rings. The second kappa shape index (κ2) is 6.26. The van der Waals surface area contributed by atoms with Crippen LogP contribution in [-0.2, 0) is 11.2 Å². The van der Waals surface area contributed by atoms with Gasteiger partial charge < -0.3 is 14.6 Å². The highest BCUT2D eigenvalue weighted by Gasteiger charge is 2.15. The zero-order valence-corrected chi connectivity index (χ0v) is 11.7. The van der Waals surface area contributed by atoms with Crippen molar-refractivity contribution in [3.8, 4) is 22.6 Å². The first-order valence-corrected chi connectivity index (χ1v) is 6.28. The van der Waals surface area contributed by atoms with Gasteiger partial charge in [-0.1, -0.05) is 18.2 Å². The highest BCUT2D eigenvalue weighted by molar-refractivity contribution is 5.76. The van der Waals surface area contributed by atoms with Crippen molar-refractivity contribution in [1.82, 2.24) is 0 Å². The smallest absolute Gasteiger partial charge is 0.307 e. The molecule has 0 unspecified atom stereocenters. The highest BCUT2D eigenvalue weighted by Crippen LogP contribution is 2.35. The summed E-state index contributed by atoms with van der Waals surface area (Å²) in [5, 5.41) is 8.87. The van der Waals surface area contributed by atoms with Gasteiger partial charge in [0.1, 0.15) is 5.75 Å². The van der Waals surface area contributed by atoms with Crippen LogP contribution in [0, 0.1) is 5.82 Å². The lowest BCUT2D eigenvalue weighted by Crippen LogP contribution is -2.01. The molecule has 2 rings (SSSR count). The maximum absolute atomic E-state index is 14.4. The minimum absolute atomic E-state index is 0.123. The second-order valence-corrected chi connectivity index (χ2v) is 4.43. The molecule has 0 bridgehead atoms. The van der Waals surface area contributed by atoms with Gasteiger partial charge in [-0.05, 0) is 23.8 Å². The summed E-state index contributed by atoms with van der Waals surface area (Å²) in [4.78, 5) is 10.8. The Morgan fingerprint density at radius 2 is 1.81 bits per heavy atom. The standard InChI is InChI=1S/C16H15FO4/c1-20-13-7-6-10(9-15(18)19)8-12(13)11-4-3-5-14(21-2)16(11)17/h3-8H,9H2,1-2H3,(H,18,19). The average molecular weight is 290 g/mol. The summed E-state index contributed by atoms with van der Waals surface area (Å²) in [6.45, 7) is 0. The molecule has 0 aliphatic rings. The quantitative estimate of drug-likeness (QED) is 0.919. The molecule has 0 saturated carbocycles. The maximum Gasteiger partial charge on any atom is 0.307 e. The van der Waals surface area contributed by atoms with Gasteiger partial charge in [0, 0.05) is 11.1 Å². The van der Waals surface area contributed by atoms with Gasteiger partial charge >= 0.3 is 5.97 Å². The SMILES string of the molecule is COc1ccc(CC(=O)O)cc1-c1cccc(OC)c1F. The van der Waals surface area contributed by atoms with Gasteiger partial charge in [-0.2, -0.15) is 0 Å². The molecule has 0 aliphatic carbocycles. The first-order valence-electron chi connectivity index (χ1n) is 6.28. The van der Waals surface area contributed by atoms with Gasteiger partial charge in [0.25, 0.3) is 0 Å². The molecule has 0 spiro atoms. The van der Waals surface area contributed by atoms with Crippen molar-refractivity contribution in [1.29, 1.82) is 0 Å². The Balaban J connectivity index is 2.58. The van der Waals surface area contributed by atoms with Crippen LogP contribution < -0.4 is 9.47 Å². The third-order valence-corrected chi connectivity index (χ3v) is 3.09. The lowest BCUT2D eigenvalue weighted by atomic mass is 9.99. The number of hydrogen-bond acceptors (Lipinski definition) is 3. The highest BCUT2D eigenvalue weighted by atomic mass is 19.1. The van der Waals surface area contributed by atoms with Crippen LogP contribution in [0.3, 0.4) is 0 Å².